The minimum absolute atomic E-state index is 0.0499. The van der Waals surface area contributed by atoms with Gasteiger partial charge in [-0.15, -0.1) is 10.2 Å². The maximum Gasteiger partial charge on any atom is 0.269 e. The van der Waals surface area contributed by atoms with E-state index in [0.29, 0.717) is 17.5 Å². The summed E-state index contributed by atoms with van der Waals surface area (Å²) >= 11 is 12.6. The van der Waals surface area contributed by atoms with Gasteiger partial charge in [0.2, 0.25) is 9.47 Å². The van der Waals surface area contributed by atoms with Gasteiger partial charge >= 0.3 is 0 Å². The summed E-state index contributed by atoms with van der Waals surface area (Å²) in [5.74, 6) is -0.537. The van der Waals surface area contributed by atoms with Crippen LogP contribution in [0.25, 0.3) is 0 Å². The van der Waals surface area contributed by atoms with Gasteiger partial charge < -0.3 is 4.90 Å². The summed E-state index contributed by atoms with van der Waals surface area (Å²) in [5, 5.41) is 10.6. The third-order valence-electron chi connectivity index (χ3n) is 5.25. The lowest BCUT2D eigenvalue weighted by Crippen LogP contribution is -2.33. The second-order valence-electron chi connectivity index (χ2n) is 7.58. The maximum atomic E-state index is 12.6. The van der Waals surface area contributed by atoms with Gasteiger partial charge in [-0.2, -0.15) is 0 Å². The molecule has 1 unspecified atom stereocenters. The molecule has 33 heavy (non-hydrogen) atoms. The van der Waals surface area contributed by atoms with Gasteiger partial charge in [0.05, 0.1) is 10.6 Å². The zero-order chi connectivity index (χ0) is 23.6. The molecule has 174 valence electrons. The minimum Gasteiger partial charge on any atom is -0.368 e. The number of benzene rings is 2. The van der Waals surface area contributed by atoms with Crippen LogP contribution >= 0.6 is 34.5 Å². The van der Waals surface area contributed by atoms with Crippen LogP contribution in [-0.4, -0.2) is 43.7 Å². The average Bonchev–Trinajstić information content (AvgIpc) is 3.35. The van der Waals surface area contributed by atoms with Crippen molar-refractivity contribution >= 4 is 61.3 Å². The second kappa shape index (κ2) is 9.94. The molecule has 1 atom stereocenters. The second-order valence-corrected chi connectivity index (χ2v) is 11.3. The molecule has 4 rings (SSSR count). The molecule has 0 saturated heterocycles. The molecule has 1 aliphatic rings. The lowest BCUT2D eigenvalue weighted by Gasteiger charge is -2.24. The summed E-state index contributed by atoms with van der Waals surface area (Å²) in [7, 11) is -3.84. The number of hydrogen-bond donors (Lipinski definition) is 2. The van der Waals surface area contributed by atoms with Crippen LogP contribution in [-0.2, 0) is 16.4 Å². The number of hydrogen-bond acceptors (Lipinski definition) is 7. The Kier molecular flexibility index (Phi) is 7.20. The first-order chi connectivity index (χ1) is 15.7. The molecule has 2 aromatic carbocycles. The standard InChI is InChI=1S/C21H21Cl2N5O3S2/c1-13-11-14-5-2-3-6-18(14)28(13)10-4-9-24-33(30,31)21-27-26-20(32-21)25-19(29)16-8-7-15(22)12-17(16)23/h2-3,5-8,12-13,24H,4,9-11H2,1H3,(H,25,26,29). The first kappa shape index (κ1) is 23.9. The Labute approximate surface area is 206 Å². The smallest absolute Gasteiger partial charge is 0.269 e. The Bertz CT molecular complexity index is 1280. The van der Waals surface area contributed by atoms with Gasteiger partial charge in [0.25, 0.3) is 15.9 Å². The third kappa shape index (κ3) is 5.47. The molecule has 2 N–H and O–H groups in total. The van der Waals surface area contributed by atoms with E-state index in [1.165, 1.54) is 29.4 Å². The normalized spacial score (nSPS) is 15.5. The molecule has 3 aromatic rings. The molecule has 0 fully saturated rings. The van der Waals surface area contributed by atoms with Crippen molar-refractivity contribution in [1.29, 1.82) is 0 Å². The lowest BCUT2D eigenvalue weighted by molar-refractivity contribution is 0.102. The average molecular weight is 526 g/mol. The lowest BCUT2D eigenvalue weighted by atomic mass is 10.1. The molecule has 2 heterocycles. The van der Waals surface area contributed by atoms with Crippen LogP contribution in [0.2, 0.25) is 10.0 Å². The van der Waals surface area contributed by atoms with E-state index in [9.17, 15) is 13.2 Å². The Hall–Kier alpha value is -2.24. The number of carbonyl (C=O) groups is 1. The molecule has 0 aliphatic carbocycles. The van der Waals surface area contributed by atoms with Gasteiger partial charge in [-0.1, -0.05) is 52.7 Å². The van der Waals surface area contributed by atoms with Crippen molar-refractivity contribution in [3.8, 4) is 0 Å². The van der Waals surface area contributed by atoms with Gasteiger partial charge in [-0.25, -0.2) is 13.1 Å². The van der Waals surface area contributed by atoms with E-state index in [-0.39, 0.29) is 26.6 Å². The topological polar surface area (TPSA) is 104 Å². The quantitative estimate of drug-likeness (QED) is 0.337. The number of fused-ring (bicyclic) bond motifs is 1. The minimum atomic E-state index is -3.84. The van der Waals surface area contributed by atoms with Crippen LogP contribution in [0.4, 0.5) is 10.8 Å². The summed E-state index contributed by atoms with van der Waals surface area (Å²) in [6, 6.07) is 13.1. The van der Waals surface area contributed by atoms with Gasteiger partial charge in [-0.05, 0) is 49.6 Å². The summed E-state index contributed by atoms with van der Waals surface area (Å²) in [5.41, 5.74) is 2.71. The zero-order valence-electron chi connectivity index (χ0n) is 17.6. The molecular formula is C21H21Cl2N5O3S2. The fraction of sp³-hybridized carbons (Fsp3) is 0.286. The van der Waals surface area contributed by atoms with E-state index >= 15 is 0 Å². The van der Waals surface area contributed by atoms with Crippen LogP contribution < -0.4 is 14.9 Å². The molecule has 0 saturated carbocycles. The number of nitrogens with one attached hydrogen (secondary N) is 2. The molecule has 1 aliphatic heterocycles. The van der Waals surface area contributed by atoms with E-state index < -0.39 is 15.9 Å². The van der Waals surface area contributed by atoms with Gasteiger partial charge in [0, 0.05) is 29.8 Å². The summed E-state index contributed by atoms with van der Waals surface area (Å²) in [6.07, 6.45) is 1.62. The number of sulfonamides is 1. The van der Waals surface area contributed by atoms with Crippen molar-refractivity contribution in [2.24, 2.45) is 0 Å². The van der Waals surface area contributed by atoms with Gasteiger partial charge in [0.1, 0.15) is 0 Å². The Morgan fingerprint density at radius 3 is 2.79 bits per heavy atom. The van der Waals surface area contributed by atoms with Crippen molar-refractivity contribution in [3.63, 3.8) is 0 Å². The van der Waals surface area contributed by atoms with Crippen molar-refractivity contribution in [1.82, 2.24) is 14.9 Å². The highest BCUT2D eigenvalue weighted by Crippen LogP contribution is 2.31. The number of halogens is 2. The van der Waals surface area contributed by atoms with E-state index in [1.807, 2.05) is 12.1 Å². The van der Waals surface area contributed by atoms with E-state index in [4.69, 9.17) is 23.2 Å². The summed E-state index contributed by atoms with van der Waals surface area (Å²) < 4.78 is 27.5. The molecule has 0 spiro atoms. The summed E-state index contributed by atoms with van der Waals surface area (Å²) in [6.45, 7) is 3.16. The van der Waals surface area contributed by atoms with Crippen molar-refractivity contribution in [2.45, 2.75) is 30.1 Å². The fourth-order valence-corrected chi connectivity index (χ4v) is 6.20. The zero-order valence-corrected chi connectivity index (χ0v) is 20.7. The number of aromatic nitrogens is 2. The molecule has 0 bridgehead atoms. The highest BCUT2D eigenvalue weighted by Gasteiger charge is 2.25. The molecule has 0 radical (unpaired) electrons. The Balaban J connectivity index is 1.32. The van der Waals surface area contributed by atoms with E-state index in [0.717, 1.165) is 24.3 Å². The number of anilines is 2. The number of amides is 1. The molecule has 1 aromatic heterocycles. The molecule has 8 nitrogen and oxygen atoms in total. The largest absolute Gasteiger partial charge is 0.368 e. The third-order valence-corrected chi connectivity index (χ3v) is 8.46. The summed E-state index contributed by atoms with van der Waals surface area (Å²) in [4.78, 5) is 14.7. The van der Waals surface area contributed by atoms with Crippen LogP contribution in [0.5, 0.6) is 0 Å². The van der Waals surface area contributed by atoms with Crippen LogP contribution in [0.1, 0.15) is 29.3 Å². The van der Waals surface area contributed by atoms with Gasteiger partial charge in [0.15, 0.2) is 0 Å². The molecule has 1 amide bonds. The Morgan fingerprint density at radius 1 is 1.21 bits per heavy atom. The van der Waals surface area contributed by atoms with Crippen LogP contribution in [0, 0.1) is 0 Å². The monoisotopic (exact) mass is 525 g/mol. The van der Waals surface area contributed by atoms with Crippen LogP contribution in [0.3, 0.4) is 0 Å². The highest BCUT2D eigenvalue weighted by atomic mass is 35.5. The highest BCUT2D eigenvalue weighted by molar-refractivity contribution is 7.91. The predicted molar refractivity (Wildman–Crippen MR) is 131 cm³/mol. The number of para-hydroxylation sites is 1. The number of nitrogens with zero attached hydrogens (tertiary/aromatic N) is 3. The van der Waals surface area contributed by atoms with Gasteiger partial charge in [-0.3, -0.25) is 10.1 Å². The van der Waals surface area contributed by atoms with Crippen molar-refractivity contribution < 1.29 is 13.2 Å². The molecule has 12 heteroatoms. The van der Waals surface area contributed by atoms with Crippen molar-refractivity contribution in [3.05, 3.63) is 63.6 Å². The Morgan fingerprint density at radius 2 is 2.00 bits per heavy atom. The molecular weight excluding hydrogens is 505 g/mol. The number of carbonyl (C=O) groups excluding carboxylic acids is 1. The SMILES string of the molecule is CC1Cc2ccccc2N1CCCNS(=O)(=O)c1nnc(NC(=O)c2ccc(Cl)cc2Cl)s1. The van der Waals surface area contributed by atoms with E-state index in [2.05, 4.69) is 44.2 Å². The fourth-order valence-electron chi connectivity index (χ4n) is 3.69. The first-order valence-corrected chi connectivity index (χ1v) is 13.2. The number of rotatable bonds is 8. The van der Waals surface area contributed by atoms with Crippen molar-refractivity contribution in [2.75, 3.05) is 23.3 Å². The maximum absolute atomic E-state index is 12.6. The van der Waals surface area contributed by atoms with Crippen LogP contribution in [0.15, 0.2) is 46.8 Å². The predicted octanol–water partition coefficient (Wildman–Crippen LogP) is 4.22. The first-order valence-electron chi connectivity index (χ1n) is 10.2. The van der Waals surface area contributed by atoms with E-state index in [1.54, 1.807) is 0 Å².